The second-order valence-electron chi connectivity index (χ2n) is 2.98. The summed E-state index contributed by atoms with van der Waals surface area (Å²) in [5.41, 5.74) is 5.53. The van der Waals surface area contributed by atoms with E-state index >= 15 is 0 Å². The fraction of sp³-hybridized carbons (Fsp3) is 0.667. The van der Waals surface area contributed by atoms with Crippen LogP contribution >= 0.6 is 0 Å². The van der Waals surface area contributed by atoms with Crippen LogP contribution in [0.5, 0.6) is 0 Å². The fourth-order valence-corrected chi connectivity index (χ4v) is 0.724. The number of ether oxygens (including phenoxy) is 1. The topological polar surface area (TPSA) is 52.3 Å². The van der Waals surface area contributed by atoms with Crippen molar-refractivity contribution in [3.8, 4) is 0 Å². The maximum absolute atomic E-state index is 11.0. The summed E-state index contributed by atoms with van der Waals surface area (Å²) in [4.78, 5) is 11.0. The predicted molar refractivity (Wildman–Crippen MR) is 48.6 cm³/mol. The number of nitrogens with two attached hydrogens (primary N) is 1. The molecule has 3 nitrogen and oxygen atoms in total. The van der Waals surface area contributed by atoms with Crippen molar-refractivity contribution in [1.82, 2.24) is 0 Å². The summed E-state index contributed by atoms with van der Waals surface area (Å²) in [7, 11) is 0. The molecule has 0 aliphatic carbocycles. The summed E-state index contributed by atoms with van der Waals surface area (Å²) in [5, 5.41) is 0. The Labute approximate surface area is 73.6 Å². The molecule has 3 heteroatoms. The van der Waals surface area contributed by atoms with Crippen LogP contribution in [0.15, 0.2) is 12.7 Å². The van der Waals surface area contributed by atoms with E-state index in [-0.39, 0.29) is 18.1 Å². The average molecular weight is 171 g/mol. The van der Waals surface area contributed by atoms with Gasteiger partial charge in [0, 0.05) is 12.5 Å². The second kappa shape index (κ2) is 5.77. The van der Waals surface area contributed by atoms with Crippen molar-refractivity contribution in [3.63, 3.8) is 0 Å². The van der Waals surface area contributed by atoms with E-state index in [1.54, 1.807) is 6.08 Å². The number of hydrogen-bond acceptors (Lipinski definition) is 3. The van der Waals surface area contributed by atoms with E-state index in [4.69, 9.17) is 10.5 Å². The summed E-state index contributed by atoms with van der Waals surface area (Å²) < 4.78 is 4.92. The van der Waals surface area contributed by atoms with Crippen molar-refractivity contribution < 1.29 is 9.53 Å². The van der Waals surface area contributed by atoms with E-state index in [0.29, 0.717) is 12.8 Å². The summed E-state index contributed by atoms with van der Waals surface area (Å²) >= 11 is 0. The van der Waals surface area contributed by atoms with Gasteiger partial charge in [0.1, 0.15) is 0 Å². The Balaban J connectivity index is 3.50. The minimum atomic E-state index is -0.192. The van der Waals surface area contributed by atoms with Crippen molar-refractivity contribution in [3.05, 3.63) is 12.7 Å². The summed E-state index contributed by atoms with van der Waals surface area (Å²) in [6.07, 6.45) is 2.56. The predicted octanol–water partition coefficient (Wildman–Crippen LogP) is 1.23. The van der Waals surface area contributed by atoms with Gasteiger partial charge in [0.05, 0.1) is 6.10 Å². The fourth-order valence-electron chi connectivity index (χ4n) is 0.724. The normalized spacial score (nSPS) is 12.7. The molecule has 0 spiro atoms. The molecule has 0 aliphatic heterocycles. The first-order valence-corrected chi connectivity index (χ1v) is 4.14. The van der Waals surface area contributed by atoms with Gasteiger partial charge in [0.25, 0.3) is 0 Å². The average Bonchev–Trinajstić information content (AvgIpc) is 1.99. The molecule has 0 aromatic carbocycles. The third-order valence-electron chi connectivity index (χ3n) is 1.35. The highest BCUT2D eigenvalue weighted by atomic mass is 16.5. The lowest BCUT2D eigenvalue weighted by atomic mass is 10.2. The van der Waals surface area contributed by atoms with Crippen LogP contribution in [0.2, 0.25) is 0 Å². The molecule has 1 unspecified atom stereocenters. The molecule has 0 radical (unpaired) electrons. The van der Waals surface area contributed by atoms with Crippen molar-refractivity contribution in [2.45, 2.75) is 38.8 Å². The van der Waals surface area contributed by atoms with E-state index in [0.717, 1.165) is 0 Å². The van der Waals surface area contributed by atoms with Crippen LogP contribution in [0.1, 0.15) is 26.7 Å². The molecule has 0 saturated heterocycles. The van der Waals surface area contributed by atoms with Gasteiger partial charge in [0.15, 0.2) is 0 Å². The molecule has 0 rings (SSSR count). The molecule has 1 atom stereocenters. The first-order chi connectivity index (χ1) is 5.56. The molecule has 2 N–H and O–H groups in total. The highest BCUT2D eigenvalue weighted by Crippen LogP contribution is 1.99. The first-order valence-electron chi connectivity index (χ1n) is 4.14. The van der Waals surface area contributed by atoms with Crippen LogP contribution in [0.25, 0.3) is 0 Å². The molecular formula is C9H17NO2. The third-order valence-corrected chi connectivity index (χ3v) is 1.35. The third kappa shape index (κ3) is 5.92. The Hall–Kier alpha value is -0.830. The van der Waals surface area contributed by atoms with Crippen molar-refractivity contribution >= 4 is 5.97 Å². The van der Waals surface area contributed by atoms with Crippen LogP contribution in [0, 0.1) is 0 Å². The summed E-state index contributed by atoms with van der Waals surface area (Å²) in [6, 6.07) is -0.107. The van der Waals surface area contributed by atoms with Gasteiger partial charge in [-0.2, -0.15) is 0 Å². The van der Waals surface area contributed by atoms with E-state index in [1.807, 2.05) is 13.8 Å². The Morgan fingerprint density at radius 3 is 2.67 bits per heavy atom. The number of carbonyl (C=O) groups is 1. The van der Waals surface area contributed by atoms with Gasteiger partial charge in [0.2, 0.25) is 0 Å². The monoisotopic (exact) mass is 171 g/mol. The molecular weight excluding hydrogens is 154 g/mol. The van der Waals surface area contributed by atoms with Crippen molar-refractivity contribution in [1.29, 1.82) is 0 Å². The van der Waals surface area contributed by atoms with E-state index in [1.165, 1.54) is 0 Å². The minimum absolute atomic E-state index is 0.0440. The molecule has 70 valence electrons. The SMILES string of the molecule is C=CC(N)CCC(=O)OC(C)C. The van der Waals surface area contributed by atoms with Gasteiger partial charge in [-0.05, 0) is 20.3 Å². The Morgan fingerprint density at radius 2 is 2.25 bits per heavy atom. The number of esters is 1. The van der Waals surface area contributed by atoms with Crippen molar-refractivity contribution in [2.24, 2.45) is 5.73 Å². The number of rotatable bonds is 5. The van der Waals surface area contributed by atoms with Gasteiger partial charge >= 0.3 is 5.97 Å². The van der Waals surface area contributed by atoms with Crippen LogP contribution in [-0.2, 0) is 9.53 Å². The molecule has 0 aliphatic rings. The Bertz CT molecular complexity index is 155. The Kier molecular flexibility index (Phi) is 5.37. The first kappa shape index (κ1) is 11.2. The largest absolute Gasteiger partial charge is 0.463 e. The molecule has 0 heterocycles. The highest BCUT2D eigenvalue weighted by Gasteiger charge is 2.06. The van der Waals surface area contributed by atoms with Crippen LogP contribution in [0.4, 0.5) is 0 Å². The van der Waals surface area contributed by atoms with Crippen LogP contribution in [-0.4, -0.2) is 18.1 Å². The molecule has 0 saturated carbocycles. The lowest BCUT2D eigenvalue weighted by Crippen LogP contribution is -2.19. The van der Waals surface area contributed by atoms with E-state index in [2.05, 4.69) is 6.58 Å². The van der Waals surface area contributed by atoms with Crippen LogP contribution < -0.4 is 5.73 Å². The lowest BCUT2D eigenvalue weighted by molar-refractivity contribution is -0.147. The van der Waals surface area contributed by atoms with Gasteiger partial charge in [-0.1, -0.05) is 6.08 Å². The van der Waals surface area contributed by atoms with Gasteiger partial charge in [-0.3, -0.25) is 4.79 Å². The standard InChI is InChI=1S/C9H17NO2/c1-4-8(10)5-6-9(11)12-7(2)3/h4,7-8H,1,5-6,10H2,2-3H3. The second-order valence-corrected chi connectivity index (χ2v) is 2.98. The maximum Gasteiger partial charge on any atom is 0.306 e. The van der Waals surface area contributed by atoms with Crippen molar-refractivity contribution in [2.75, 3.05) is 0 Å². The molecule has 0 amide bonds. The zero-order valence-electron chi connectivity index (χ0n) is 7.75. The highest BCUT2D eigenvalue weighted by molar-refractivity contribution is 5.69. The smallest absolute Gasteiger partial charge is 0.306 e. The molecule has 0 bridgehead atoms. The molecule has 12 heavy (non-hydrogen) atoms. The van der Waals surface area contributed by atoms with Crippen LogP contribution in [0.3, 0.4) is 0 Å². The Morgan fingerprint density at radius 1 is 1.67 bits per heavy atom. The minimum Gasteiger partial charge on any atom is -0.463 e. The number of hydrogen-bond donors (Lipinski definition) is 1. The summed E-state index contributed by atoms with van der Waals surface area (Å²) in [6.45, 7) is 7.17. The lowest BCUT2D eigenvalue weighted by Gasteiger charge is -2.08. The van der Waals surface area contributed by atoms with Gasteiger partial charge in [-0.15, -0.1) is 6.58 Å². The molecule has 0 fully saturated rings. The molecule has 0 aromatic rings. The maximum atomic E-state index is 11.0. The number of carbonyl (C=O) groups excluding carboxylic acids is 1. The zero-order valence-corrected chi connectivity index (χ0v) is 7.75. The van der Waals surface area contributed by atoms with Gasteiger partial charge < -0.3 is 10.5 Å². The summed E-state index contributed by atoms with van der Waals surface area (Å²) in [5.74, 6) is -0.192. The van der Waals surface area contributed by atoms with Gasteiger partial charge in [-0.25, -0.2) is 0 Å². The zero-order chi connectivity index (χ0) is 9.56. The van der Waals surface area contributed by atoms with E-state index < -0.39 is 0 Å². The molecule has 0 aromatic heterocycles. The van der Waals surface area contributed by atoms with E-state index in [9.17, 15) is 4.79 Å². The quantitative estimate of drug-likeness (QED) is 0.500.